The van der Waals surface area contributed by atoms with Crippen LogP contribution in [0, 0.1) is 0 Å². The van der Waals surface area contributed by atoms with Crippen molar-refractivity contribution < 1.29 is 9.90 Å². The lowest BCUT2D eigenvalue weighted by Crippen LogP contribution is -1.97. The number of carbonyl (C=O) groups is 1. The number of halogens is 1. The van der Waals surface area contributed by atoms with E-state index in [9.17, 15) is 4.79 Å². The fourth-order valence-corrected chi connectivity index (χ4v) is 2.40. The van der Waals surface area contributed by atoms with Crippen LogP contribution in [0.3, 0.4) is 0 Å². The van der Waals surface area contributed by atoms with E-state index in [2.05, 4.69) is 6.07 Å². The van der Waals surface area contributed by atoms with Crippen LogP contribution in [-0.4, -0.2) is 11.1 Å². The maximum absolute atomic E-state index is 10.9. The molecule has 0 heterocycles. The van der Waals surface area contributed by atoms with E-state index in [1.165, 1.54) is 16.5 Å². The van der Waals surface area contributed by atoms with Gasteiger partial charge in [0.25, 0.3) is 0 Å². The Kier molecular flexibility index (Phi) is 2.60. The number of benzene rings is 2. The minimum Gasteiger partial charge on any atom is -0.478 e. The van der Waals surface area contributed by atoms with Gasteiger partial charge in [0.15, 0.2) is 0 Å². The molecule has 0 bridgehead atoms. The van der Waals surface area contributed by atoms with E-state index in [-0.39, 0.29) is 12.4 Å². The lowest BCUT2D eigenvalue weighted by Gasteiger charge is -2.03. The minimum absolute atomic E-state index is 0. The van der Waals surface area contributed by atoms with Crippen molar-refractivity contribution in [2.24, 2.45) is 0 Å². The maximum Gasteiger partial charge on any atom is 0.335 e. The average molecular weight is 235 g/mol. The zero-order valence-electron chi connectivity index (χ0n) is 8.56. The molecule has 0 unspecified atom stereocenters. The Hall–Kier alpha value is -1.54. The highest BCUT2D eigenvalue weighted by atomic mass is 35.5. The SMILES string of the molecule is Cl.O=C(O)c1cc2c3c(cccc3c1)CC2. The van der Waals surface area contributed by atoms with Crippen molar-refractivity contribution in [2.45, 2.75) is 12.8 Å². The fourth-order valence-electron chi connectivity index (χ4n) is 2.40. The molecule has 2 aromatic carbocycles. The molecule has 0 amide bonds. The Morgan fingerprint density at radius 1 is 1.12 bits per heavy atom. The first-order valence-corrected chi connectivity index (χ1v) is 5.03. The van der Waals surface area contributed by atoms with Crippen LogP contribution in [-0.2, 0) is 12.8 Å². The van der Waals surface area contributed by atoms with Crippen LogP contribution >= 0.6 is 12.4 Å². The molecule has 0 aliphatic heterocycles. The molecular formula is C13H11ClO2. The maximum atomic E-state index is 10.9. The van der Waals surface area contributed by atoms with Gasteiger partial charge >= 0.3 is 5.97 Å². The van der Waals surface area contributed by atoms with Crippen LogP contribution in [0.25, 0.3) is 10.8 Å². The largest absolute Gasteiger partial charge is 0.478 e. The van der Waals surface area contributed by atoms with Gasteiger partial charge < -0.3 is 5.11 Å². The van der Waals surface area contributed by atoms with Crippen molar-refractivity contribution in [3.8, 4) is 0 Å². The average Bonchev–Trinajstić information content (AvgIpc) is 2.64. The fraction of sp³-hybridized carbons (Fsp3) is 0.154. The van der Waals surface area contributed by atoms with Gasteiger partial charge in [-0.1, -0.05) is 18.2 Å². The molecule has 0 aromatic heterocycles. The van der Waals surface area contributed by atoms with E-state index < -0.39 is 5.97 Å². The van der Waals surface area contributed by atoms with E-state index in [0.717, 1.165) is 18.2 Å². The number of rotatable bonds is 1. The van der Waals surface area contributed by atoms with E-state index in [0.29, 0.717) is 5.56 Å². The first-order valence-electron chi connectivity index (χ1n) is 5.03. The Morgan fingerprint density at radius 3 is 2.62 bits per heavy atom. The second-order valence-electron chi connectivity index (χ2n) is 3.96. The van der Waals surface area contributed by atoms with E-state index in [1.54, 1.807) is 12.1 Å². The molecule has 0 saturated carbocycles. The van der Waals surface area contributed by atoms with Crippen molar-refractivity contribution in [3.63, 3.8) is 0 Å². The second-order valence-corrected chi connectivity index (χ2v) is 3.96. The molecule has 82 valence electrons. The lowest BCUT2D eigenvalue weighted by molar-refractivity contribution is 0.0697. The van der Waals surface area contributed by atoms with Gasteiger partial charge in [0, 0.05) is 0 Å². The van der Waals surface area contributed by atoms with Gasteiger partial charge in [0.05, 0.1) is 5.56 Å². The Balaban J connectivity index is 0.000000963. The van der Waals surface area contributed by atoms with Crippen molar-refractivity contribution in [3.05, 3.63) is 47.0 Å². The third-order valence-electron chi connectivity index (χ3n) is 3.06. The summed E-state index contributed by atoms with van der Waals surface area (Å²) in [6.07, 6.45) is 2.01. The monoisotopic (exact) mass is 234 g/mol. The van der Waals surface area contributed by atoms with E-state index in [4.69, 9.17) is 5.11 Å². The topological polar surface area (TPSA) is 37.3 Å². The standard InChI is InChI=1S/C13H10O2.ClH/c14-13(15)11-6-9-3-1-2-8-4-5-10(7-11)12(8)9;/h1-3,6-7H,4-5H2,(H,14,15);1H. The van der Waals surface area contributed by atoms with Gasteiger partial charge in [-0.05, 0) is 46.9 Å². The molecule has 1 N–H and O–H groups in total. The first kappa shape index (κ1) is 11.0. The van der Waals surface area contributed by atoms with Crippen LogP contribution in [0.4, 0.5) is 0 Å². The van der Waals surface area contributed by atoms with Gasteiger partial charge in [0.2, 0.25) is 0 Å². The zero-order valence-corrected chi connectivity index (χ0v) is 9.38. The first-order chi connectivity index (χ1) is 7.25. The summed E-state index contributed by atoms with van der Waals surface area (Å²) in [7, 11) is 0. The highest BCUT2D eigenvalue weighted by Crippen LogP contribution is 2.31. The molecule has 3 rings (SSSR count). The molecule has 1 aliphatic carbocycles. The summed E-state index contributed by atoms with van der Waals surface area (Å²) in [6, 6.07) is 9.68. The number of aryl methyl sites for hydroxylation is 2. The normalized spacial score (nSPS) is 12.5. The van der Waals surface area contributed by atoms with Gasteiger partial charge in [-0.25, -0.2) is 4.79 Å². The molecule has 0 radical (unpaired) electrons. The van der Waals surface area contributed by atoms with Crippen LogP contribution in [0.15, 0.2) is 30.3 Å². The molecule has 16 heavy (non-hydrogen) atoms. The molecule has 2 nitrogen and oxygen atoms in total. The number of carboxylic acid groups (broad SMARTS) is 1. The summed E-state index contributed by atoms with van der Waals surface area (Å²) in [5.74, 6) is -0.842. The van der Waals surface area contributed by atoms with Crippen LogP contribution in [0.1, 0.15) is 21.5 Å². The lowest BCUT2D eigenvalue weighted by atomic mass is 10.0. The molecule has 1 aliphatic rings. The molecular weight excluding hydrogens is 224 g/mol. The summed E-state index contributed by atoms with van der Waals surface area (Å²) in [5.41, 5.74) is 2.93. The number of hydrogen-bond donors (Lipinski definition) is 1. The van der Waals surface area contributed by atoms with E-state index >= 15 is 0 Å². The Bertz CT molecular complexity index is 575. The second kappa shape index (κ2) is 3.80. The summed E-state index contributed by atoms with van der Waals surface area (Å²) in [4.78, 5) is 10.9. The zero-order chi connectivity index (χ0) is 10.4. The summed E-state index contributed by atoms with van der Waals surface area (Å²) in [6.45, 7) is 0. The predicted octanol–water partition coefficient (Wildman–Crippen LogP) is 3.06. The molecule has 3 heteroatoms. The summed E-state index contributed by atoms with van der Waals surface area (Å²) >= 11 is 0. The highest BCUT2D eigenvalue weighted by Gasteiger charge is 2.16. The molecule has 0 fully saturated rings. The van der Waals surface area contributed by atoms with Crippen molar-refractivity contribution in [1.29, 1.82) is 0 Å². The molecule has 0 saturated heterocycles. The molecule has 0 spiro atoms. The smallest absolute Gasteiger partial charge is 0.335 e. The minimum atomic E-state index is -0.842. The van der Waals surface area contributed by atoms with Crippen molar-refractivity contribution in [1.82, 2.24) is 0 Å². The van der Waals surface area contributed by atoms with Gasteiger partial charge in [-0.3, -0.25) is 0 Å². The Morgan fingerprint density at radius 2 is 1.88 bits per heavy atom. The third-order valence-corrected chi connectivity index (χ3v) is 3.06. The summed E-state index contributed by atoms with van der Waals surface area (Å²) in [5, 5.41) is 11.3. The number of aromatic carboxylic acids is 1. The number of hydrogen-bond acceptors (Lipinski definition) is 1. The summed E-state index contributed by atoms with van der Waals surface area (Å²) < 4.78 is 0. The predicted molar refractivity (Wildman–Crippen MR) is 65.6 cm³/mol. The van der Waals surface area contributed by atoms with Crippen LogP contribution in [0.5, 0.6) is 0 Å². The third kappa shape index (κ3) is 1.46. The highest BCUT2D eigenvalue weighted by molar-refractivity contribution is 5.98. The van der Waals surface area contributed by atoms with Gasteiger partial charge in [0.1, 0.15) is 0 Å². The Labute approximate surface area is 99.3 Å². The van der Waals surface area contributed by atoms with E-state index in [1.807, 2.05) is 12.1 Å². The molecule has 0 atom stereocenters. The van der Waals surface area contributed by atoms with Crippen molar-refractivity contribution >= 4 is 29.1 Å². The van der Waals surface area contributed by atoms with Gasteiger partial charge in [-0.2, -0.15) is 0 Å². The quantitative estimate of drug-likeness (QED) is 0.824. The van der Waals surface area contributed by atoms with Crippen molar-refractivity contribution in [2.75, 3.05) is 0 Å². The van der Waals surface area contributed by atoms with Crippen LogP contribution in [0.2, 0.25) is 0 Å². The molecule has 2 aromatic rings. The van der Waals surface area contributed by atoms with Gasteiger partial charge in [-0.15, -0.1) is 12.4 Å². The number of carboxylic acids is 1. The van der Waals surface area contributed by atoms with Crippen LogP contribution < -0.4 is 0 Å².